The minimum absolute atomic E-state index is 0.663. The fourth-order valence-electron chi connectivity index (χ4n) is 3.80. The molecule has 0 N–H and O–H groups in total. The Balaban J connectivity index is 1.67. The van der Waals surface area contributed by atoms with Gasteiger partial charge in [-0.25, -0.2) is 0 Å². The van der Waals surface area contributed by atoms with E-state index in [1.54, 1.807) is 0 Å². The summed E-state index contributed by atoms with van der Waals surface area (Å²) < 4.78 is 0. The number of benzene rings is 4. The predicted molar refractivity (Wildman–Crippen MR) is 110 cm³/mol. The molecule has 2 heteroatoms. The summed E-state index contributed by atoms with van der Waals surface area (Å²) in [4.78, 5) is 9.19. The first-order valence-electron chi connectivity index (χ1n) is 8.89. The fourth-order valence-corrected chi connectivity index (χ4v) is 3.80. The van der Waals surface area contributed by atoms with Crippen molar-refractivity contribution in [2.45, 2.75) is 13.5 Å². The van der Waals surface area contributed by atoms with Gasteiger partial charge in [0.1, 0.15) is 0 Å². The number of hydrogen-bond donors (Lipinski definition) is 0. The van der Waals surface area contributed by atoms with Crippen LogP contribution in [0.1, 0.15) is 18.2 Å². The molecule has 2 nitrogen and oxygen atoms in total. The van der Waals surface area contributed by atoms with E-state index in [2.05, 4.69) is 59.6 Å². The van der Waals surface area contributed by atoms with E-state index in [0.29, 0.717) is 6.54 Å². The van der Waals surface area contributed by atoms with E-state index >= 15 is 0 Å². The van der Waals surface area contributed by atoms with Gasteiger partial charge in [-0.05, 0) is 56.9 Å². The second kappa shape index (κ2) is 5.92. The van der Waals surface area contributed by atoms with Crippen LogP contribution < -0.4 is 0 Å². The van der Waals surface area contributed by atoms with Crippen LogP contribution in [-0.2, 0) is 6.54 Å². The number of aliphatic imine (C=N–C) groups is 1. The van der Waals surface area contributed by atoms with Crippen molar-refractivity contribution in [3.63, 3.8) is 0 Å². The minimum Gasteiger partial charge on any atom is -0.283 e. The van der Waals surface area contributed by atoms with Crippen molar-refractivity contribution >= 4 is 38.0 Å². The lowest BCUT2D eigenvalue weighted by molar-refractivity contribution is 1.07. The van der Waals surface area contributed by atoms with E-state index in [1.165, 1.54) is 37.9 Å². The van der Waals surface area contributed by atoms with E-state index in [1.807, 2.05) is 31.3 Å². The zero-order valence-electron chi connectivity index (χ0n) is 14.6. The van der Waals surface area contributed by atoms with Gasteiger partial charge in [-0.3, -0.25) is 9.98 Å². The maximum Gasteiger partial charge on any atom is 0.0837 e. The third-order valence-corrected chi connectivity index (χ3v) is 5.14. The number of aromatic nitrogens is 1. The molecule has 0 aliphatic carbocycles. The first-order chi connectivity index (χ1) is 12.8. The lowest BCUT2D eigenvalue weighted by Gasteiger charge is -2.13. The molecule has 0 spiro atoms. The molecule has 4 aromatic carbocycles. The van der Waals surface area contributed by atoms with E-state index < -0.39 is 0 Å². The monoisotopic (exact) mass is 334 g/mol. The van der Waals surface area contributed by atoms with Gasteiger partial charge in [0.05, 0.1) is 18.0 Å². The van der Waals surface area contributed by atoms with Crippen molar-refractivity contribution in [3.05, 3.63) is 90.3 Å². The summed E-state index contributed by atoms with van der Waals surface area (Å²) >= 11 is 0. The van der Waals surface area contributed by atoms with Crippen LogP contribution in [0.4, 0.5) is 0 Å². The van der Waals surface area contributed by atoms with Crippen molar-refractivity contribution in [1.29, 1.82) is 0 Å². The summed E-state index contributed by atoms with van der Waals surface area (Å²) in [6.45, 7) is 2.69. The summed E-state index contributed by atoms with van der Waals surface area (Å²) in [6, 6.07) is 25.8. The maximum atomic E-state index is 4.80. The molecule has 0 amide bonds. The molecular weight excluding hydrogens is 316 g/mol. The van der Waals surface area contributed by atoms with Gasteiger partial charge in [0.15, 0.2) is 0 Å². The van der Waals surface area contributed by atoms with E-state index in [0.717, 1.165) is 11.4 Å². The van der Waals surface area contributed by atoms with Crippen LogP contribution in [0.25, 0.3) is 32.3 Å². The highest BCUT2D eigenvalue weighted by Gasteiger charge is 2.10. The van der Waals surface area contributed by atoms with Crippen LogP contribution in [0.3, 0.4) is 0 Å². The maximum absolute atomic E-state index is 4.80. The smallest absolute Gasteiger partial charge is 0.0837 e. The zero-order chi connectivity index (χ0) is 17.5. The van der Waals surface area contributed by atoms with Crippen LogP contribution in [0.2, 0.25) is 0 Å². The van der Waals surface area contributed by atoms with Crippen molar-refractivity contribution in [1.82, 2.24) is 4.98 Å². The molecule has 5 rings (SSSR count). The van der Waals surface area contributed by atoms with Gasteiger partial charge in [0.2, 0.25) is 0 Å². The van der Waals surface area contributed by atoms with E-state index in [9.17, 15) is 0 Å². The van der Waals surface area contributed by atoms with Crippen LogP contribution in [0.5, 0.6) is 0 Å². The largest absolute Gasteiger partial charge is 0.283 e. The van der Waals surface area contributed by atoms with Gasteiger partial charge in [0.25, 0.3) is 0 Å². The molecule has 1 heterocycles. The molecule has 0 aliphatic rings. The van der Waals surface area contributed by atoms with E-state index in [4.69, 9.17) is 4.99 Å². The molecule has 0 aliphatic heterocycles. The molecule has 1 aromatic heterocycles. The Hall–Kier alpha value is -3.26. The molecule has 0 saturated heterocycles. The van der Waals surface area contributed by atoms with Crippen LogP contribution in [-0.4, -0.2) is 10.7 Å². The Bertz CT molecular complexity index is 1240. The summed E-state index contributed by atoms with van der Waals surface area (Å²) in [5.41, 5.74) is 3.16. The second-order valence-corrected chi connectivity index (χ2v) is 6.70. The third kappa shape index (κ3) is 2.34. The number of pyridine rings is 1. The number of hydrogen-bond acceptors (Lipinski definition) is 2. The quantitative estimate of drug-likeness (QED) is 0.294. The highest BCUT2D eigenvalue weighted by atomic mass is 14.8. The van der Waals surface area contributed by atoms with Gasteiger partial charge in [-0.15, -0.1) is 0 Å². The van der Waals surface area contributed by atoms with Crippen molar-refractivity contribution in [2.75, 3.05) is 0 Å². The Morgan fingerprint density at radius 1 is 0.769 bits per heavy atom. The van der Waals surface area contributed by atoms with Crippen LogP contribution in [0, 0.1) is 0 Å². The van der Waals surface area contributed by atoms with Gasteiger partial charge in [-0.2, -0.15) is 0 Å². The molecule has 0 atom stereocenters. The number of rotatable bonds is 3. The fraction of sp³-hybridized carbons (Fsp3) is 0.0833. The van der Waals surface area contributed by atoms with Crippen molar-refractivity contribution in [3.8, 4) is 0 Å². The summed E-state index contributed by atoms with van der Waals surface area (Å²) in [7, 11) is 0. The predicted octanol–water partition coefficient (Wildman–Crippen LogP) is 5.99. The highest BCUT2D eigenvalue weighted by Crippen LogP contribution is 2.36. The van der Waals surface area contributed by atoms with Crippen molar-refractivity contribution in [2.24, 2.45) is 4.99 Å². The van der Waals surface area contributed by atoms with E-state index in [-0.39, 0.29) is 0 Å². The lowest BCUT2D eigenvalue weighted by Crippen LogP contribution is -1.99. The summed E-state index contributed by atoms with van der Waals surface area (Å²) in [6.07, 6.45) is 1.81. The molecule has 0 bridgehead atoms. The van der Waals surface area contributed by atoms with Crippen LogP contribution >= 0.6 is 0 Å². The SMILES string of the molecule is CC(=NCc1ccc2ccc3cccc4ccc1c2c34)c1ccccn1. The van der Waals surface area contributed by atoms with Gasteiger partial charge >= 0.3 is 0 Å². The minimum atomic E-state index is 0.663. The van der Waals surface area contributed by atoms with Gasteiger partial charge < -0.3 is 0 Å². The molecular formula is C24H18N2. The first kappa shape index (κ1) is 15.0. The van der Waals surface area contributed by atoms with Crippen molar-refractivity contribution < 1.29 is 0 Å². The topological polar surface area (TPSA) is 25.2 Å². The lowest BCUT2D eigenvalue weighted by atomic mass is 9.92. The average Bonchev–Trinajstić information content (AvgIpc) is 2.71. The third-order valence-electron chi connectivity index (χ3n) is 5.14. The average molecular weight is 334 g/mol. The second-order valence-electron chi connectivity index (χ2n) is 6.70. The zero-order valence-corrected chi connectivity index (χ0v) is 14.6. The molecule has 124 valence electrons. The molecule has 26 heavy (non-hydrogen) atoms. The standard InChI is InChI=1S/C24H18N2/c1-16(22-7-2-3-14-25-22)26-15-20-11-10-19-9-8-17-5-4-6-18-12-13-21(20)24(19)23(17)18/h2-14H,15H2,1H3. The summed E-state index contributed by atoms with van der Waals surface area (Å²) in [5, 5.41) is 7.89. The molecule has 0 radical (unpaired) electrons. The van der Waals surface area contributed by atoms with Crippen LogP contribution in [0.15, 0.2) is 84.0 Å². The number of nitrogens with zero attached hydrogens (tertiary/aromatic N) is 2. The molecule has 5 aromatic rings. The Morgan fingerprint density at radius 3 is 2.27 bits per heavy atom. The van der Waals surface area contributed by atoms with Gasteiger partial charge in [0, 0.05) is 6.20 Å². The Morgan fingerprint density at radius 2 is 1.50 bits per heavy atom. The summed E-state index contributed by atoms with van der Waals surface area (Å²) in [5.74, 6) is 0. The Kier molecular flexibility index (Phi) is 3.42. The normalized spacial score (nSPS) is 12.4. The Labute approximate surface area is 152 Å². The molecule has 0 fully saturated rings. The molecule has 0 unspecified atom stereocenters. The van der Waals surface area contributed by atoms with Gasteiger partial charge in [-0.1, -0.05) is 60.7 Å². The highest BCUT2D eigenvalue weighted by molar-refractivity contribution is 6.23. The molecule has 0 saturated carbocycles. The first-order valence-corrected chi connectivity index (χ1v) is 8.89.